The first-order valence-corrected chi connectivity index (χ1v) is 6.55. The van der Waals surface area contributed by atoms with Gasteiger partial charge in [0.05, 0.1) is 11.6 Å². The molecule has 3 atom stereocenters. The minimum Gasteiger partial charge on any atom is -0.378 e. The van der Waals surface area contributed by atoms with Gasteiger partial charge in [0.1, 0.15) is 0 Å². The van der Waals surface area contributed by atoms with Gasteiger partial charge in [-0.25, -0.2) is 0 Å². The monoisotopic (exact) mass is 232 g/mol. The van der Waals surface area contributed by atoms with E-state index in [2.05, 4.69) is 25.7 Å². The van der Waals surface area contributed by atoms with Crippen molar-refractivity contribution in [3.8, 4) is 0 Å². The van der Waals surface area contributed by atoms with E-state index < -0.39 is 0 Å². The first-order valence-electron chi connectivity index (χ1n) is 6.11. The zero-order chi connectivity index (χ0) is 11.1. The lowest BCUT2D eigenvalue weighted by Crippen LogP contribution is -2.37. The Labute approximate surface area is 98.7 Å². The van der Waals surface area contributed by atoms with Crippen LogP contribution in [0.2, 0.25) is 0 Å². The highest BCUT2D eigenvalue weighted by atomic mass is 35.5. The third-order valence-electron chi connectivity index (χ3n) is 2.86. The van der Waals surface area contributed by atoms with E-state index >= 15 is 0 Å². The van der Waals surface area contributed by atoms with Crippen molar-refractivity contribution < 1.29 is 4.74 Å². The third kappa shape index (κ3) is 4.71. The number of ether oxygens (including phenoxy) is 1. The highest BCUT2D eigenvalue weighted by Gasteiger charge is 2.27. The summed E-state index contributed by atoms with van der Waals surface area (Å²) in [5.41, 5.74) is 0.0910. The Morgan fingerprint density at radius 3 is 2.87 bits per heavy atom. The maximum atomic E-state index is 6.09. The molecule has 3 heteroatoms. The van der Waals surface area contributed by atoms with Crippen LogP contribution in [0.5, 0.6) is 0 Å². The van der Waals surface area contributed by atoms with Crippen molar-refractivity contribution in [3.63, 3.8) is 0 Å². The molecule has 2 nitrogen and oxygen atoms in total. The Bertz CT molecular complexity index is 166. The molecule has 3 unspecified atom stereocenters. The molecular weight excluding hydrogens is 210 g/mol. The molecule has 0 saturated carbocycles. The van der Waals surface area contributed by atoms with Gasteiger partial charge in [-0.1, -0.05) is 20.3 Å². The summed E-state index contributed by atoms with van der Waals surface area (Å²) in [4.78, 5) is 0. The van der Waals surface area contributed by atoms with Crippen LogP contribution in [-0.4, -0.2) is 18.2 Å². The normalized spacial score (nSPS) is 29.0. The highest BCUT2D eigenvalue weighted by Crippen LogP contribution is 2.27. The van der Waals surface area contributed by atoms with Crippen molar-refractivity contribution in [2.75, 3.05) is 6.61 Å². The number of alkyl halides is 1. The molecule has 0 aliphatic carbocycles. The van der Waals surface area contributed by atoms with Crippen LogP contribution in [-0.2, 0) is 4.74 Å². The largest absolute Gasteiger partial charge is 0.378 e. The molecule has 15 heavy (non-hydrogen) atoms. The Morgan fingerprint density at radius 2 is 2.27 bits per heavy atom. The fourth-order valence-electron chi connectivity index (χ4n) is 2.09. The summed E-state index contributed by atoms with van der Waals surface area (Å²) in [7, 11) is 0. The summed E-state index contributed by atoms with van der Waals surface area (Å²) in [6.07, 6.45) is 5.94. The first-order chi connectivity index (χ1) is 7.27. The van der Waals surface area contributed by atoms with E-state index in [9.17, 15) is 0 Å². The molecule has 1 heterocycles. The van der Waals surface area contributed by atoms with Gasteiger partial charge in [-0.15, -0.1) is 11.6 Å². The molecule has 1 N–H and O–H groups in total. The van der Waals surface area contributed by atoms with Gasteiger partial charge < -0.3 is 4.74 Å². The summed E-state index contributed by atoms with van der Waals surface area (Å²) in [6, 6.07) is 0. The summed E-state index contributed by atoms with van der Waals surface area (Å²) in [5, 5.41) is 3.15. The predicted molar refractivity (Wildman–Crippen MR) is 64.7 cm³/mol. The summed E-state index contributed by atoms with van der Waals surface area (Å²) in [5.74, 6) is 0.597. The van der Waals surface area contributed by atoms with Crippen LogP contribution in [0.4, 0.5) is 0 Å². The average molecular weight is 233 g/mol. The van der Waals surface area contributed by atoms with Crippen LogP contribution < -0.4 is 5.32 Å². The van der Waals surface area contributed by atoms with Crippen molar-refractivity contribution in [1.29, 1.82) is 0 Å². The second kappa shape index (κ2) is 7.48. The zero-order valence-corrected chi connectivity index (χ0v) is 10.6. The Balaban J connectivity index is 2.38. The smallest absolute Gasteiger partial charge is 0.0831 e. The summed E-state index contributed by atoms with van der Waals surface area (Å²) < 4.78 is 5.91. The van der Waals surface area contributed by atoms with Crippen LogP contribution in [0.25, 0.3) is 0 Å². The van der Waals surface area contributed by atoms with Crippen LogP contribution in [0.1, 0.15) is 46.0 Å². The van der Waals surface area contributed by atoms with E-state index in [0.29, 0.717) is 12.0 Å². The lowest BCUT2D eigenvalue weighted by atomic mass is 9.89. The molecule has 0 bridgehead atoms. The zero-order valence-electron chi connectivity index (χ0n) is 9.84. The molecule has 0 aromatic heterocycles. The Kier molecular flexibility index (Phi) is 6.62. The Hall–Kier alpha value is 0.210. The van der Waals surface area contributed by atoms with E-state index in [-0.39, 0.29) is 5.50 Å². The molecule has 1 radical (unpaired) electrons. The Morgan fingerprint density at radius 1 is 1.47 bits per heavy atom. The van der Waals surface area contributed by atoms with Gasteiger partial charge in [0.15, 0.2) is 0 Å². The van der Waals surface area contributed by atoms with Gasteiger partial charge in [-0.2, -0.15) is 0 Å². The van der Waals surface area contributed by atoms with Crippen molar-refractivity contribution >= 4 is 11.6 Å². The molecular formula is C12H23ClNO. The van der Waals surface area contributed by atoms with Crippen LogP contribution in [0.15, 0.2) is 0 Å². The van der Waals surface area contributed by atoms with E-state index in [4.69, 9.17) is 16.3 Å². The second-order valence-electron chi connectivity index (χ2n) is 4.27. The SMILES string of the molecule is CCCOC(CCC)C1C[CH]NC(Cl)C1. The third-order valence-corrected chi connectivity index (χ3v) is 3.17. The van der Waals surface area contributed by atoms with Gasteiger partial charge in [0, 0.05) is 13.2 Å². The van der Waals surface area contributed by atoms with Gasteiger partial charge in [0.2, 0.25) is 0 Å². The topological polar surface area (TPSA) is 21.3 Å². The maximum Gasteiger partial charge on any atom is 0.0831 e. The number of hydrogen-bond acceptors (Lipinski definition) is 2. The van der Waals surface area contributed by atoms with E-state index in [0.717, 1.165) is 32.3 Å². The highest BCUT2D eigenvalue weighted by molar-refractivity contribution is 6.20. The van der Waals surface area contributed by atoms with Gasteiger partial charge in [-0.3, -0.25) is 5.32 Å². The number of rotatable bonds is 6. The van der Waals surface area contributed by atoms with Crippen LogP contribution >= 0.6 is 11.6 Å². The molecule has 0 spiro atoms. The number of halogens is 1. The lowest BCUT2D eigenvalue weighted by Gasteiger charge is -2.32. The molecule has 1 rings (SSSR count). The molecule has 0 aromatic rings. The minimum absolute atomic E-state index is 0.0910. The maximum absolute atomic E-state index is 6.09. The predicted octanol–water partition coefficient (Wildman–Crippen LogP) is 3.31. The van der Waals surface area contributed by atoms with Crippen molar-refractivity contribution in [1.82, 2.24) is 5.32 Å². The molecule has 0 amide bonds. The molecule has 1 aliphatic heterocycles. The van der Waals surface area contributed by atoms with Gasteiger partial charge in [0.25, 0.3) is 0 Å². The number of piperidine rings is 1. The molecule has 89 valence electrons. The summed E-state index contributed by atoms with van der Waals surface area (Å²) in [6.45, 7) is 7.33. The van der Waals surface area contributed by atoms with Crippen LogP contribution in [0, 0.1) is 12.5 Å². The fraction of sp³-hybridized carbons (Fsp3) is 0.917. The van der Waals surface area contributed by atoms with Gasteiger partial charge in [-0.05, 0) is 31.6 Å². The average Bonchev–Trinajstić information content (AvgIpc) is 2.24. The molecule has 1 aliphatic rings. The first kappa shape index (κ1) is 13.3. The lowest BCUT2D eigenvalue weighted by molar-refractivity contribution is -0.00130. The van der Waals surface area contributed by atoms with Gasteiger partial charge >= 0.3 is 0 Å². The van der Waals surface area contributed by atoms with E-state index in [1.54, 1.807) is 0 Å². The summed E-state index contributed by atoms with van der Waals surface area (Å²) >= 11 is 6.09. The van der Waals surface area contributed by atoms with Crippen LogP contribution in [0.3, 0.4) is 0 Å². The molecule has 1 fully saturated rings. The van der Waals surface area contributed by atoms with E-state index in [1.807, 2.05) is 0 Å². The molecule has 1 saturated heterocycles. The number of nitrogens with one attached hydrogen (secondary N) is 1. The van der Waals surface area contributed by atoms with E-state index in [1.165, 1.54) is 6.42 Å². The standard InChI is InChI=1S/C12H23ClNO/c1-3-5-11(15-8-4-2)10-6-7-14-12(13)9-10/h7,10-12,14H,3-6,8-9H2,1-2H3. The van der Waals surface area contributed by atoms with Crippen molar-refractivity contribution in [2.24, 2.45) is 5.92 Å². The quantitative estimate of drug-likeness (QED) is 0.561. The molecule has 0 aromatic carbocycles. The minimum atomic E-state index is 0.0910. The fourth-order valence-corrected chi connectivity index (χ4v) is 2.41. The number of hydrogen-bond donors (Lipinski definition) is 1. The van der Waals surface area contributed by atoms with Crippen molar-refractivity contribution in [3.05, 3.63) is 6.54 Å². The second-order valence-corrected chi connectivity index (χ2v) is 4.79. The van der Waals surface area contributed by atoms with Crippen molar-refractivity contribution in [2.45, 2.75) is 57.6 Å².